The first-order valence-electron chi connectivity index (χ1n) is 4.12. The van der Waals surface area contributed by atoms with E-state index < -0.39 is 0 Å². The van der Waals surface area contributed by atoms with Gasteiger partial charge in [0.25, 0.3) is 0 Å². The molecule has 0 amide bonds. The fraction of sp³-hybridized carbons (Fsp3) is 0.273. The molecule has 0 heterocycles. The van der Waals surface area contributed by atoms with Gasteiger partial charge in [0.15, 0.2) is 0 Å². The smallest absolute Gasteiger partial charge is 0.0521 e. The van der Waals surface area contributed by atoms with Crippen molar-refractivity contribution in [3.63, 3.8) is 0 Å². The highest BCUT2D eigenvalue weighted by atomic mass is 32.1. The third-order valence-corrected chi connectivity index (χ3v) is 1.85. The van der Waals surface area contributed by atoms with Gasteiger partial charge < -0.3 is 4.90 Å². The van der Waals surface area contributed by atoms with E-state index >= 15 is 0 Å². The van der Waals surface area contributed by atoms with Crippen LogP contribution in [-0.2, 0) is 0 Å². The first kappa shape index (κ1) is 10.0. The molecule has 0 saturated heterocycles. The Morgan fingerprint density at radius 3 is 2.62 bits per heavy atom. The number of rotatable bonds is 1. The summed E-state index contributed by atoms with van der Waals surface area (Å²) < 4.78 is 0. The van der Waals surface area contributed by atoms with Crippen LogP contribution >= 0.6 is 12.6 Å². The zero-order chi connectivity index (χ0) is 9.68. The van der Waals surface area contributed by atoms with Crippen LogP contribution in [0.4, 0.5) is 5.69 Å². The first-order chi connectivity index (χ1) is 6.25. The second-order valence-corrected chi connectivity index (χ2v) is 3.19. The summed E-state index contributed by atoms with van der Waals surface area (Å²) in [4.78, 5) is 2.06. The monoisotopic (exact) mass is 191 g/mol. The van der Waals surface area contributed by atoms with E-state index in [4.69, 9.17) is 0 Å². The summed E-state index contributed by atoms with van der Waals surface area (Å²) in [6.07, 6.45) is 0. The lowest BCUT2D eigenvalue weighted by Crippen LogP contribution is -2.09. The molecule has 0 aliphatic carbocycles. The average molecular weight is 191 g/mol. The molecule has 1 aromatic carbocycles. The molecule has 2 heteroatoms. The summed E-state index contributed by atoms with van der Waals surface area (Å²) in [6.45, 7) is 0. The summed E-state index contributed by atoms with van der Waals surface area (Å²) in [5.41, 5.74) is 2.21. The Balaban J connectivity index is 3.05. The van der Waals surface area contributed by atoms with Crippen molar-refractivity contribution >= 4 is 18.3 Å². The maximum atomic E-state index is 4.05. The van der Waals surface area contributed by atoms with Gasteiger partial charge in [-0.25, -0.2) is 0 Å². The number of hydrogen-bond donors (Lipinski definition) is 1. The molecule has 0 aliphatic heterocycles. The quantitative estimate of drug-likeness (QED) is 0.525. The maximum absolute atomic E-state index is 4.05. The molecule has 0 aliphatic rings. The predicted molar refractivity (Wildman–Crippen MR) is 61.5 cm³/mol. The van der Waals surface area contributed by atoms with Crippen LogP contribution in [0.1, 0.15) is 5.56 Å². The molecule has 1 nitrogen and oxygen atoms in total. The van der Waals surface area contributed by atoms with Crippen LogP contribution in [-0.4, -0.2) is 19.8 Å². The Hall–Kier alpha value is -1.07. The molecule has 0 unspecified atom stereocenters. The summed E-state index contributed by atoms with van der Waals surface area (Å²) in [7, 11) is 4.03. The summed E-state index contributed by atoms with van der Waals surface area (Å²) in [6, 6.07) is 8.09. The molecule has 0 radical (unpaired) electrons. The summed E-state index contributed by atoms with van der Waals surface area (Å²) in [5, 5.41) is 0. The third kappa shape index (κ3) is 2.71. The highest BCUT2D eigenvalue weighted by molar-refractivity contribution is 7.80. The van der Waals surface area contributed by atoms with Gasteiger partial charge in [0.2, 0.25) is 0 Å². The SMILES string of the molecule is CN(C)c1ccccc1C#CCS. The van der Waals surface area contributed by atoms with E-state index in [1.54, 1.807) is 0 Å². The second-order valence-electron chi connectivity index (χ2n) is 2.87. The minimum absolute atomic E-state index is 0.599. The molecular weight excluding hydrogens is 178 g/mol. The van der Waals surface area contributed by atoms with Gasteiger partial charge in [-0.2, -0.15) is 12.6 Å². The maximum Gasteiger partial charge on any atom is 0.0521 e. The number of nitrogens with zero attached hydrogens (tertiary/aromatic N) is 1. The lowest BCUT2D eigenvalue weighted by molar-refractivity contribution is 1.13. The van der Waals surface area contributed by atoms with Crippen molar-refractivity contribution in [3.8, 4) is 11.8 Å². The normalized spacial score (nSPS) is 8.85. The summed E-state index contributed by atoms with van der Waals surface area (Å²) in [5.74, 6) is 6.62. The lowest BCUT2D eigenvalue weighted by Gasteiger charge is -2.13. The van der Waals surface area contributed by atoms with Gasteiger partial charge in [-0.3, -0.25) is 0 Å². The molecule has 0 saturated carbocycles. The van der Waals surface area contributed by atoms with Gasteiger partial charge in [0, 0.05) is 19.7 Å². The van der Waals surface area contributed by atoms with E-state index in [1.165, 1.54) is 0 Å². The van der Waals surface area contributed by atoms with Gasteiger partial charge in [0.1, 0.15) is 0 Å². The van der Waals surface area contributed by atoms with Crippen molar-refractivity contribution in [1.29, 1.82) is 0 Å². The van der Waals surface area contributed by atoms with Crippen LogP contribution in [0.5, 0.6) is 0 Å². The standard InChI is InChI=1S/C11H13NS/c1-12(2)11-8-4-3-6-10(11)7-5-9-13/h3-4,6,8,13H,9H2,1-2H3. The highest BCUT2D eigenvalue weighted by Crippen LogP contribution is 2.16. The van der Waals surface area contributed by atoms with Gasteiger partial charge >= 0.3 is 0 Å². The van der Waals surface area contributed by atoms with Crippen molar-refractivity contribution in [1.82, 2.24) is 0 Å². The van der Waals surface area contributed by atoms with E-state index in [9.17, 15) is 0 Å². The molecule has 1 aromatic rings. The van der Waals surface area contributed by atoms with Crippen LogP contribution in [0.15, 0.2) is 24.3 Å². The molecule has 13 heavy (non-hydrogen) atoms. The summed E-state index contributed by atoms with van der Waals surface area (Å²) >= 11 is 4.05. The van der Waals surface area contributed by atoms with Crippen LogP contribution in [0.2, 0.25) is 0 Å². The van der Waals surface area contributed by atoms with Gasteiger partial charge in [0.05, 0.1) is 11.4 Å². The van der Waals surface area contributed by atoms with Gasteiger partial charge in [-0.1, -0.05) is 24.0 Å². The second kappa shape index (κ2) is 4.84. The average Bonchev–Trinajstić information content (AvgIpc) is 2.15. The fourth-order valence-electron chi connectivity index (χ4n) is 1.10. The molecular formula is C11H13NS. The number of para-hydroxylation sites is 1. The molecule has 0 bridgehead atoms. The van der Waals surface area contributed by atoms with Crippen molar-refractivity contribution in [3.05, 3.63) is 29.8 Å². The van der Waals surface area contributed by atoms with E-state index in [2.05, 4.69) is 35.4 Å². The molecule has 0 fully saturated rings. The first-order valence-corrected chi connectivity index (χ1v) is 4.75. The van der Waals surface area contributed by atoms with Crippen molar-refractivity contribution in [2.75, 3.05) is 24.7 Å². The van der Waals surface area contributed by atoms with E-state index in [1.807, 2.05) is 32.3 Å². The van der Waals surface area contributed by atoms with Crippen molar-refractivity contribution < 1.29 is 0 Å². The molecule has 0 spiro atoms. The van der Waals surface area contributed by atoms with Crippen molar-refractivity contribution in [2.45, 2.75) is 0 Å². The Labute approximate surface area is 85.2 Å². The van der Waals surface area contributed by atoms with Gasteiger partial charge in [-0.15, -0.1) is 0 Å². The number of benzene rings is 1. The molecule has 1 rings (SSSR count). The number of hydrogen-bond acceptors (Lipinski definition) is 2. The minimum atomic E-state index is 0.599. The largest absolute Gasteiger partial charge is 0.377 e. The lowest BCUT2D eigenvalue weighted by atomic mass is 10.2. The number of thiol groups is 1. The van der Waals surface area contributed by atoms with E-state index in [-0.39, 0.29) is 0 Å². The zero-order valence-electron chi connectivity index (χ0n) is 7.91. The van der Waals surface area contributed by atoms with Crippen LogP contribution in [0, 0.1) is 11.8 Å². The zero-order valence-corrected chi connectivity index (χ0v) is 8.81. The Bertz CT molecular complexity index is 333. The van der Waals surface area contributed by atoms with Gasteiger partial charge in [-0.05, 0) is 12.1 Å². The van der Waals surface area contributed by atoms with Crippen LogP contribution in [0.25, 0.3) is 0 Å². The van der Waals surface area contributed by atoms with E-state index in [0.717, 1.165) is 11.3 Å². The molecule has 0 N–H and O–H groups in total. The van der Waals surface area contributed by atoms with Crippen LogP contribution in [0.3, 0.4) is 0 Å². The Morgan fingerprint density at radius 2 is 2.00 bits per heavy atom. The molecule has 0 aromatic heterocycles. The minimum Gasteiger partial charge on any atom is -0.377 e. The van der Waals surface area contributed by atoms with Crippen molar-refractivity contribution in [2.24, 2.45) is 0 Å². The van der Waals surface area contributed by atoms with E-state index in [0.29, 0.717) is 5.75 Å². The topological polar surface area (TPSA) is 3.24 Å². The van der Waals surface area contributed by atoms with Crippen LogP contribution < -0.4 is 4.90 Å². The Kier molecular flexibility index (Phi) is 3.72. The fourth-order valence-corrected chi connectivity index (χ4v) is 1.18. The highest BCUT2D eigenvalue weighted by Gasteiger charge is 1.98. The molecule has 0 atom stereocenters. The predicted octanol–water partition coefficient (Wildman–Crippen LogP) is 2.03. The third-order valence-electron chi connectivity index (χ3n) is 1.69. The Morgan fingerprint density at radius 1 is 1.31 bits per heavy atom. The number of anilines is 1. The molecule has 68 valence electrons.